The molecule has 2 heteroatoms. The van der Waals surface area contributed by atoms with Crippen LogP contribution in [0.4, 0.5) is 0 Å². The van der Waals surface area contributed by atoms with Crippen molar-refractivity contribution in [2.75, 3.05) is 0 Å². The zero-order valence-corrected chi connectivity index (χ0v) is 11.8. The van der Waals surface area contributed by atoms with Crippen molar-refractivity contribution in [2.45, 2.75) is 52.4 Å². The van der Waals surface area contributed by atoms with Gasteiger partial charge in [0.2, 0.25) is 0 Å². The van der Waals surface area contributed by atoms with Crippen molar-refractivity contribution >= 4 is 8.32 Å². The van der Waals surface area contributed by atoms with Crippen molar-refractivity contribution in [3.63, 3.8) is 0 Å². The molecule has 0 aromatic carbocycles. The number of terminal acetylenes is 1. The molecule has 0 N–H and O–H groups in total. The maximum absolute atomic E-state index is 5.94. The van der Waals surface area contributed by atoms with Gasteiger partial charge in [0, 0.05) is 0 Å². The van der Waals surface area contributed by atoms with Gasteiger partial charge in [-0.2, -0.15) is 0 Å². The minimum atomic E-state index is -1.53. The molecule has 0 saturated carbocycles. The minimum absolute atomic E-state index is 0.0494. The van der Waals surface area contributed by atoms with Crippen molar-refractivity contribution in [1.82, 2.24) is 0 Å². The van der Waals surface area contributed by atoms with Crippen molar-refractivity contribution < 1.29 is 4.43 Å². The molecule has 0 amide bonds. The van der Waals surface area contributed by atoms with Gasteiger partial charge in [-0.15, -0.1) is 13.0 Å². The molecule has 0 aromatic rings. The van der Waals surface area contributed by atoms with E-state index >= 15 is 0 Å². The predicted molar refractivity (Wildman–Crippen MR) is 70.3 cm³/mol. The van der Waals surface area contributed by atoms with E-state index in [1.807, 2.05) is 6.08 Å². The normalized spacial score (nSPS) is 14.4. The highest BCUT2D eigenvalue weighted by Crippen LogP contribution is 2.28. The van der Waals surface area contributed by atoms with Crippen LogP contribution in [0.2, 0.25) is 19.6 Å². The van der Waals surface area contributed by atoms with Crippen molar-refractivity contribution in [3.8, 4) is 12.3 Å². The molecule has 0 aromatic heterocycles. The van der Waals surface area contributed by atoms with Crippen LogP contribution in [0.15, 0.2) is 12.7 Å². The SMILES string of the molecule is C#CC(CC(C)(C)CC=C)O[Si](C)(C)C. The second-order valence-corrected chi connectivity index (χ2v) is 10.2. The summed E-state index contributed by atoms with van der Waals surface area (Å²) in [5, 5.41) is 0. The molecule has 0 saturated heterocycles. The molecule has 0 heterocycles. The lowest BCUT2D eigenvalue weighted by Crippen LogP contribution is -2.33. The third-order valence-corrected chi connectivity index (χ3v) is 3.11. The quantitative estimate of drug-likeness (QED) is 0.378. The lowest BCUT2D eigenvalue weighted by Gasteiger charge is -2.30. The van der Waals surface area contributed by atoms with Crippen molar-refractivity contribution in [1.29, 1.82) is 0 Å². The summed E-state index contributed by atoms with van der Waals surface area (Å²) in [6.07, 6.45) is 9.28. The maximum atomic E-state index is 5.94. The second-order valence-electron chi connectivity index (χ2n) is 5.75. The number of hydrogen-bond donors (Lipinski definition) is 0. The van der Waals surface area contributed by atoms with Crippen LogP contribution in [-0.2, 0) is 4.43 Å². The first-order valence-electron chi connectivity index (χ1n) is 5.45. The van der Waals surface area contributed by atoms with Crippen molar-refractivity contribution in [2.24, 2.45) is 5.41 Å². The Labute approximate surface area is 96.0 Å². The van der Waals surface area contributed by atoms with E-state index in [1.54, 1.807) is 0 Å². The zero-order valence-electron chi connectivity index (χ0n) is 10.8. The van der Waals surface area contributed by atoms with Gasteiger partial charge in [0.25, 0.3) is 0 Å². The first kappa shape index (κ1) is 14.5. The van der Waals surface area contributed by atoms with E-state index in [0.29, 0.717) is 0 Å². The predicted octanol–water partition coefficient (Wildman–Crippen LogP) is 3.83. The summed E-state index contributed by atoms with van der Waals surface area (Å²) in [6, 6.07) is 0. The Morgan fingerprint density at radius 3 is 2.33 bits per heavy atom. The van der Waals surface area contributed by atoms with E-state index in [9.17, 15) is 0 Å². The Bertz CT molecular complexity index is 242. The standard InChI is InChI=1S/C13H24OSi/c1-8-10-13(3,4)11-12(9-2)14-15(5,6)7/h2,8,12H,1,10-11H2,3-7H3. The molecule has 0 radical (unpaired) electrons. The van der Waals surface area contributed by atoms with Crippen LogP contribution in [-0.4, -0.2) is 14.4 Å². The van der Waals surface area contributed by atoms with Gasteiger partial charge < -0.3 is 4.43 Å². The zero-order chi connectivity index (χ0) is 12.1. The molecule has 86 valence electrons. The highest BCUT2D eigenvalue weighted by atomic mass is 28.4. The molecule has 1 unspecified atom stereocenters. The van der Waals surface area contributed by atoms with E-state index in [-0.39, 0.29) is 11.5 Å². The maximum Gasteiger partial charge on any atom is 0.185 e. The Hall–Kier alpha value is -0.523. The first-order chi connectivity index (χ1) is 6.70. The van der Waals surface area contributed by atoms with Gasteiger partial charge in [-0.1, -0.05) is 25.8 Å². The van der Waals surface area contributed by atoms with Crippen LogP contribution in [0.1, 0.15) is 26.7 Å². The Balaban J connectivity index is 4.35. The molecule has 0 aliphatic carbocycles. The minimum Gasteiger partial charge on any atom is -0.404 e. The van der Waals surface area contributed by atoms with Gasteiger partial charge in [0.1, 0.15) is 6.10 Å². The van der Waals surface area contributed by atoms with Crippen LogP contribution < -0.4 is 0 Å². The molecule has 0 fully saturated rings. The molecule has 0 rings (SSSR count). The summed E-state index contributed by atoms with van der Waals surface area (Å²) in [5.41, 5.74) is 0.179. The summed E-state index contributed by atoms with van der Waals surface area (Å²) >= 11 is 0. The van der Waals surface area contributed by atoms with E-state index < -0.39 is 8.32 Å². The van der Waals surface area contributed by atoms with E-state index in [2.05, 4.69) is 46.0 Å². The second kappa shape index (κ2) is 5.53. The third-order valence-electron chi connectivity index (χ3n) is 2.12. The average molecular weight is 224 g/mol. The van der Waals surface area contributed by atoms with Gasteiger partial charge >= 0.3 is 0 Å². The highest BCUT2D eigenvalue weighted by molar-refractivity contribution is 6.69. The lowest BCUT2D eigenvalue weighted by molar-refractivity contribution is 0.175. The van der Waals surface area contributed by atoms with E-state index in [0.717, 1.165) is 12.8 Å². The fraction of sp³-hybridized carbons (Fsp3) is 0.692. The van der Waals surface area contributed by atoms with Crippen LogP contribution in [0.5, 0.6) is 0 Å². The Morgan fingerprint density at radius 1 is 1.47 bits per heavy atom. The number of hydrogen-bond acceptors (Lipinski definition) is 1. The van der Waals surface area contributed by atoms with Gasteiger partial charge in [-0.3, -0.25) is 0 Å². The first-order valence-corrected chi connectivity index (χ1v) is 8.86. The molecule has 0 spiro atoms. The summed E-state index contributed by atoms with van der Waals surface area (Å²) in [4.78, 5) is 0. The van der Waals surface area contributed by atoms with Crippen LogP contribution in [0.3, 0.4) is 0 Å². The summed E-state index contributed by atoms with van der Waals surface area (Å²) in [5.74, 6) is 2.75. The molecule has 1 nitrogen and oxygen atoms in total. The summed E-state index contributed by atoms with van der Waals surface area (Å²) in [6.45, 7) is 14.7. The smallest absolute Gasteiger partial charge is 0.185 e. The van der Waals surface area contributed by atoms with Gasteiger partial charge in [-0.25, -0.2) is 0 Å². The average Bonchev–Trinajstić information content (AvgIpc) is 1.99. The fourth-order valence-electron chi connectivity index (χ4n) is 1.54. The highest BCUT2D eigenvalue weighted by Gasteiger charge is 2.25. The molecule has 0 aliphatic rings. The van der Waals surface area contributed by atoms with Gasteiger partial charge in [-0.05, 0) is 37.9 Å². The molecule has 0 aliphatic heterocycles. The number of allylic oxidation sites excluding steroid dienone is 1. The lowest BCUT2D eigenvalue weighted by atomic mass is 9.83. The molecule has 15 heavy (non-hydrogen) atoms. The van der Waals surface area contributed by atoms with Gasteiger partial charge in [0.05, 0.1) is 0 Å². The molecular weight excluding hydrogens is 200 g/mol. The van der Waals surface area contributed by atoms with Gasteiger partial charge in [0.15, 0.2) is 8.32 Å². The molecule has 0 bridgehead atoms. The molecule has 1 atom stereocenters. The fourth-order valence-corrected chi connectivity index (χ4v) is 2.54. The summed E-state index contributed by atoms with van der Waals surface area (Å²) in [7, 11) is -1.53. The summed E-state index contributed by atoms with van der Waals surface area (Å²) < 4.78 is 5.94. The topological polar surface area (TPSA) is 9.23 Å². The van der Waals surface area contributed by atoms with E-state index in [1.165, 1.54) is 0 Å². The number of rotatable bonds is 6. The third kappa shape index (κ3) is 7.41. The monoisotopic (exact) mass is 224 g/mol. The Kier molecular flexibility index (Phi) is 5.34. The van der Waals surface area contributed by atoms with Crippen LogP contribution in [0, 0.1) is 17.8 Å². The molecular formula is C13H24OSi. The van der Waals surface area contributed by atoms with E-state index in [4.69, 9.17) is 10.8 Å². The van der Waals surface area contributed by atoms with Crippen LogP contribution >= 0.6 is 0 Å². The largest absolute Gasteiger partial charge is 0.404 e. The van der Waals surface area contributed by atoms with Crippen LogP contribution in [0.25, 0.3) is 0 Å². The van der Waals surface area contributed by atoms with Crippen molar-refractivity contribution in [3.05, 3.63) is 12.7 Å². The Morgan fingerprint density at radius 2 is 2.00 bits per heavy atom.